The molecule has 0 aliphatic rings. The molecule has 1 atom stereocenters. The summed E-state index contributed by atoms with van der Waals surface area (Å²) in [4.78, 5) is 0. The lowest BCUT2D eigenvalue weighted by atomic mass is 10.1. The molecule has 0 amide bonds. The topological polar surface area (TPSA) is 66.4 Å². The third-order valence-electron chi connectivity index (χ3n) is 2.02. The van der Waals surface area contributed by atoms with E-state index in [0.717, 1.165) is 11.0 Å². The zero-order valence-corrected chi connectivity index (χ0v) is 9.81. The molecule has 1 aromatic rings. The van der Waals surface area contributed by atoms with E-state index in [1.165, 1.54) is 6.08 Å². The first kappa shape index (κ1) is 12.9. The maximum atomic E-state index is 11.5. The monoisotopic (exact) mass is 241 g/mol. The van der Waals surface area contributed by atoms with E-state index >= 15 is 0 Å². The van der Waals surface area contributed by atoms with Gasteiger partial charge in [0.2, 0.25) is 10.0 Å². The van der Waals surface area contributed by atoms with Crippen molar-refractivity contribution >= 4 is 10.0 Å². The van der Waals surface area contributed by atoms with Gasteiger partial charge in [0.05, 0.1) is 6.61 Å². The maximum Gasteiger partial charge on any atom is 0.234 e. The largest absolute Gasteiger partial charge is 0.392 e. The molecule has 0 fully saturated rings. The van der Waals surface area contributed by atoms with E-state index < -0.39 is 10.0 Å². The van der Waals surface area contributed by atoms with Crippen LogP contribution >= 0.6 is 0 Å². The number of hydrogen-bond donors (Lipinski definition) is 2. The van der Waals surface area contributed by atoms with Gasteiger partial charge < -0.3 is 5.11 Å². The molecule has 0 spiro atoms. The van der Waals surface area contributed by atoms with Crippen LogP contribution in [0.3, 0.4) is 0 Å². The highest BCUT2D eigenvalue weighted by Crippen LogP contribution is 2.12. The Bertz CT molecular complexity index is 440. The summed E-state index contributed by atoms with van der Waals surface area (Å²) in [6, 6.07) is 8.98. The van der Waals surface area contributed by atoms with E-state index in [2.05, 4.69) is 4.72 Å². The van der Waals surface area contributed by atoms with Crippen molar-refractivity contribution < 1.29 is 13.5 Å². The van der Waals surface area contributed by atoms with Crippen LogP contribution in [-0.4, -0.2) is 20.1 Å². The summed E-state index contributed by atoms with van der Waals surface area (Å²) in [7, 11) is -3.48. The highest BCUT2D eigenvalue weighted by atomic mass is 32.2. The van der Waals surface area contributed by atoms with Crippen LogP contribution in [0.15, 0.2) is 41.8 Å². The van der Waals surface area contributed by atoms with Crippen molar-refractivity contribution in [3.8, 4) is 0 Å². The van der Waals surface area contributed by atoms with Crippen LogP contribution in [0.1, 0.15) is 18.5 Å². The number of aliphatic hydroxyl groups excluding tert-OH is 1. The zero-order chi connectivity index (χ0) is 12.0. The van der Waals surface area contributed by atoms with Gasteiger partial charge in [-0.2, -0.15) is 0 Å². The average Bonchev–Trinajstić information content (AvgIpc) is 2.27. The van der Waals surface area contributed by atoms with Gasteiger partial charge in [0.25, 0.3) is 0 Å². The van der Waals surface area contributed by atoms with Crippen LogP contribution < -0.4 is 4.72 Å². The van der Waals surface area contributed by atoms with Crippen molar-refractivity contribution in [3.05, 3.63) is 47.4 Å². The van der Waals surface area contributed by atoms with Gasteiger partial charge >= 0.3 is 0 Å². The lowest BCUT2D eigenvalue weighted by molar-refractivity contribution is 0.343. The Kier molecular flexibility index (Phi) is 4.67. The van der Waals surface area contributed by atoms with Gasteiger partial charge in [-0.15, -0.1) is 0 Å². The first-order valence-corrected chi connectivity index (χ1v) is 6.44. The molecular weight excluding hydrogens is 226 g/mol. The fourth-order valence-electron chi connectivity index (χ4n) is 1.27. The van der Waals surface area contributed by atoms with E-state index in [1.807, 2.05) is 30.3 Å². The van der Waals surface area contributed by atoms with Crippen LogP contribution in [0.25, 0.3) is 0 Å². The van der Waals surface area contributed by atoms with Gasteiger partial charge in [0.15, 0.2) is 0 Å². The Morgan fingerprint density at radius 1 is 1.38 bits per heavy atom. The van der Waals surface area contributed by atoms with Crippen LogP contribution in [0.2, 0.25) is 0 Å². The molecule has 4 nitrogen and oxygen atoms in total. The number of hydrogen-bond acceptors (Lipinski definition) is 3. The molecule has 1 aromatic carbocycles. The quantitative estimate of drug-likeness (QED) is 0.813. The Labute approximate surface area is 95.7 Å². The summed E-state index contributed by atoms with van der Waals surface area (Å²) < 4.78 is 25.4. The summed E-state index contributed by atoms with van der Waals surface area (Å²) in [6.07, 6.45) is 1.18. The van der Waals surface area contributed by atoms with E-state index in [1.54, 1.807) is 6.92 Å². The second kappa shape index (κ2) is 5.79. The van der Waals surface area contributed by atoms with Crippen LogP contribution in [0, 0.1) is 0 Å². The second-order valence-electron chi connectivity index (χ2n) is 3.35. The highest BCUT2D eigenvalue weighted by Gasteiger charge is 2.11. The van der Waals surface area contributed by atoms with E-state index in [-0.39, 0.29) is 12.6 Å². The Morgan fingerprint density at radius 2 is 2.00 bits per heavy atom. The molecule has 0 saturated heterocycles. The molecule has 88 valence electrons. The Balaban J connectivity index is 2.72. The first-order valence-electron chi connectivity index (χ1n) is 4.90. The van der Waals surface area contributed by atoms with E-state index in [4.69, 9.17) is 5.11 Å². The second-order valence-corrected chi connectivity index (χ2v) is 4.95. The van der Waals surface area contributed by atoms with Crippen LogP contribution in [-0.2, 0) is 10.0 Å². The molecular formula is C11H15NO3S. The SMILES string of the molecule is C[C@@H](NS(=O)(=O)C=CCO)c1ccccc1. The standard InChI is InChI=1S/C11H15NO3S/c1-10(11-6-3-2-4-7-11)12-16(14,15)9-5-8-13/h2-7,9-10,12-13H,8H2,1H3/t10-/m1/s1. The molecule has 0 aliphatic carbocycles. The summed E-state index contributed by atoms with van der Waals surface area (Å²) in [5.41, 5.74) is 0.892. The van der Waals surface area contributed by atoms with Crippen molar-refractivity contribution in [1.82, 2.24) is 4.72 Å². The van der Waals surface area contributed by atoms with Gasteiger partial charge in [-0.25, -0.2) is 13.1 Å². The summed E-state index contributed by atoms with van der Waals surface area (Å²) in [6.45, 7) is 1.47. The molecule has 2 N–H and O–H groups in total. The molecule has 0 aromatic heterocycles. The van der Waals surface area contributed by atoms with Gasteiger partial charge in [-0.1, -0.05) is 30.3 Å². The fraction of sp³-hybridized carbons (Fsp3) is 0.273. The minimum atomic E-state index is -3.48. The molecule has 0 heterocycles. The molecule has 0 unspecified atom stereocenters. The van der Waals surface area contributed by atoms with Crippen LogP contribution in [0.4, 0.5) is 0 Å². The van der Waals surface area contributed by atoms with Crippen LogP contribution in [0.5, 0.6) is 0 Å². The predicted octanol–water partition coefficient (Wildman–Crippen LogP) is 1.17. The Morgan fingerprint density at radius 3 is 2.56 bits per heavy atom. The van der Waals surface area contributed by atoms with E-state index in [0.29, 0.717) is 0 Å². The van der Waals surface area contributed by atoms with Gasteiger partial charge in [-0.05, 0) is 18.6 Å². The predicted molar refractivity (Wildman–Crippen MR) is 63.1 cm³/mol. The minimum Gasteiger partial charge on any atom is -0.392 e. The van der Waals surface area contributed by atoms with Crippen molar-refractivity contribution in [1.29, 1.82) is 0 Å². The van der Waals surface area contributed by atoms with Crippen molar-refractivity contribution in [2.75, 3.05) is 6.61 Å². The lowest BCUT2D eigenvalue weighted by Gasteiger charge is -2.12. The molecule has 5 heteroatoms. The molecule has 16 heavy (non-hydrogen) atoms. The summed E-state index contributed by atoms with van der Waals surface area (Å²) >= 11 is 0. The fourth-order valence-corrected chi connectivity index (χ4v) is 2.31. The third-order valence-corrected chi connectivity index (χ3v) is 3.25. The zero-order valence-electron chi connectivity index (χ0n) is 9.00. The maximum absolute atomic E-state index is 11.5. The number of rotatable bonds is 5. The van der Waals surface area contributed by atoms with Crippen molar-refractivity contribution in [3.63, 3.8) is 0 Å². The molecule has 0 radical (unpaired) electrons. The molecule has 1 rings (SSSR count). The number of nitrogens with one attached hydrogen (secondary N) is 1. The minimum absolute atomic E-state index is 0.291. The molecule has 0 bridgehead atoms. The van der Waals surface area contributed by atoms with Gasteiger partial charge in [-0.3, -0.25) is 0 Å². The highest BCUT2D eigenvalue weighted by molar-refractivity contribution is 7.92. The number of aliphatic hydroxyl groups is 1. The Hall–Kier alpha value is -1.17. The average molecular weight is 241 g/mol. The normalized spacial score (nSPS) is 14.1. The van der Waals surface area contributed by atoms with Crippen molar-refractivity contribution in [2.45, 2.75) is 13.0 Å². The first-order chi connectivity index (χ1) is 7.55. The lowest BCUT2D eigenvalue weighted by Crippen LogP contribution is -2.24. The summed E-state index contributed by atoms with van der Waals surface area (Å²) in [5.74, 6) is 0. The summed E-state index contributed by atoms with van der Waals surface area (Å²) in [5, 5.41) is 9.47. The van der Waals surface area contributed by atoms with Gasteiger partial charge in [0.1, 0.15) is 0 Å². The number of sulfonamides is 1. The van der Waals surface area contributed by atoms with Crippen molar-refractivity contribution in [2.24, 2.45) is 0 Å². The van der Waals surface area contributed by atoms with E-state index in [9.17, 15) is 8.42 Å². The smallest absolute Gasteiger partial charge is 0.234 e. The third kappa shape index (κ3) is 4.14. The number of benzene rings is 1. The molecule has 0 saturated carbocycles. The van der Waals surface area contributed by atoms with Gasteiger partial charge in [0, 0.05) is 11.4 Å². The molecule has 0 aliphatic heterocycles.